The zero-order chi connectivity index (χ0) is 10.4. The average molecular weight is 196 g/mol. The number of carbonyl (C=O) groups is 1. The highest BCUT2D eigenvalue weighted by Gasteiger charge is 2.28. The second-order valence-corrected chi connectivity index (χ2v) is 4.02. The number of carbonyl (C=O) groups excluding carboxylic acids is 1. The molecule has 1 fully saturated rings. The van der Waals surface area contributed by atoms with E-state index in [9.17, 15) is 4.79 Å². The molecule has 0 bridgehead atoms. The summed E-state index contributed by atoms with van der Waals surface area (Å²) in [6.07, 6.45) is 3.17. The highest BCUT2D eigenvalue weighted by molar-refractivity contribution is 5.80. The summed E-state index contributed by atoms with van der Waals surface area (Å²) < 4.78 is 0. The van der Waals surface area contributed by atoms with Gasteiger partial charge in [-0.05, 0) is 32.7 Å². The Morgan fingerprint density at radius 1 is 1.36 bits per heavy atom. The summed E-state index contributed by atoms with van der Waals surface area (Å²) in [5, 5.41) is 6.16. The molecule has 0 heterocycles. The van der Waals surface area contributed by atoms with Gasteiger partial charge in [0.05, 0.1) is 0 Å². The van der Waals surface area contributed by atoms with E-state index >= 15 is 0 Å². The molecule has 2 N–H and O–H groups in total. The fourth-order valence-corrected chi connectivity index (χ4v) is 1.19. The maximum atomic E-state index is 11.2. The van der Waals surface area contributed by atoms with E-state index < -0.39 is 0 Å². The van der Waals surface area contributed by atoms with Crippen molar-refractivity contribution >= 4 is 5.91 Å². The first-order valence-corrected chi connectivity index (χ1v) is 5.33. The van der Waals surface area contributed by atoms with E-state index in [0.717, 1.165) is 38.9 Å². The first-order valence-electron chi connectivity index (χ1n) is 5.33. The largest absolute Gasteiger partial charge is 0.355 e. The van der Waals surface area contributed by atoms with E-state index in [0.29, 0.717) is 5.92 Å². The summed E-state index contributed by atoms with van der Waals surface area (Å²) in [7, 11) is 0. The molecular weight excluding hydrogens is 176 g/mol. The van der Waals surface area contributed by atoms with Gasteiger partial charge in [0.2, 0.25) is 5.91 Å². The van der Waals surface area contributed by atoms with Gasteiger partial charge in [-0.3, -0.25) is 4.79 Å². The summed E-state index contributed by atoms with van der Waals surface area (Å²) in [5.74, 6) is 0.553. The maximum Gasteiger partial charge on any atom is 0.223 e. The summed E-state index contributed by atoms with van der Waals surface area (Å²) in [4.78, 5) is 11.2. The lowest BCUT2D eigenvalue weighted by Crippen LogP contribution is -2.33. The monoisotopic (exact) mass is 196 g/mol. The molecule has 3 nitrogen and oxygen atoms in total. The van der Waals surface area contributed by atoms with Crippen molar-refractivity contribution in [3.8, 4) is 0 Å². The smallest absolute Gasteiger partial charge is 0.223 e. The van der Waals surface area contributed by atoms with Gasteiger partial charge in [0, 0.05) is 19.0 Å². The highest BCUT2D eigenvalue weighted by atomic mass is 16.2. The second-order valence-electron chi connectivity index (χ2n) is 4.02. The molecule has 0 aromatic rings. The Hall–Kier alpha value is -0.830. The van der Waals surface area contributed by atoms with Crippen LogP contribution in [0.1, 0.15) is 26.2 Å². The van der Waals surface area contributed by atoms with Gasteiger partial charge >= 0.3 is 0 Å². The minimum atomic E-state index is 0.228. The van der Waals surface area contributed by atoms with Gasteiger partial charge in [0.15, 0.2) is 0 Å². The van der Waals surface area contributed by atoms with Crippen LogP contribution in [-0.4, -0.2) is 25.5 Å². The van der Waals surface area contributed by atoms with Crippen LogP contribution in [0.3, 0.4) is 0 Å². The van der Waals surface area contributed by atoms with Crippen molar-refractivity contribution in [3.63, 3.8) is 0 Å². The number of hydrogen-bond acceptors (Lipinski definition) is 2. The van der Waals surface area contributed by atoms with E-state index in [4.69, 9.17) is 0 Å². The summed E-state index contributed by atoms with van der Waals surface area (Å²) in [5.41, 5.74) is 1.19. The van der Waals surface area contributed by atoms with Gasteiger partial charge < -0.3 is 10.6 Å². The lowest BCUT2D eigenvalue weighted by atomic mass is 10.2. The standard InChI is InChI=1S/C11H20N2O/c1-9(2)5-6-12-7-8-13-11(14)10-3-4-10/h10,12H,1,3-8H2,2H3,(H,13,14). The molecule has 0 aliphatic heterocycles. The van der Waals surface area contributed by atoms with Crippen LogP contribution in [0, 0.1) is 5.92 Å². The van der Waals surface area contributed by atoms with Gasteiger partial charge in [-0.1, -0.05) is 5.57 Å². The van der Waals surface area contributed by atoms with Gasteiger partial charge in [-0.2, -0.15) is 0 Å². The Labute approximate surface area is 86.0 Å². The first-order chi connectivity index (χ1) is 6.70. The molecule has 1 amide bonds. The summed E-state index contributed by atoms with van der Waals surface area (Å²) in [6.45, 7) is 8.39. The fraction of sp³-hybridized carbons (Fsp3) is 0.727. The molecule has 0 radical (unpaired) electrons. The Morgan fingerprint density at radius 2 is 2.07 bits per heavy atom. The lowest BCUT2D eigenvalue weighted by molar-refractivity contribution is -0.122. The number of hydrogen-bond donors (Lipinski definition) is 2. The molecule has 1 saturated carbocycles. The summed E-state index contributed by atoms with van der Waals surface area (Å²) in [6, 6.07) is 0. The third kappa shape index (κ3) is 5.02. The van der Waals surface area contributed by atoms with Crippen LogP contribution in [0.5, 0.6) is 0 Å². The molecule has 0 unspecified atom stereocenters. The predicted octanol–water partition coefficient (Wildman–Crippen LogP) is 1.07. The Kier molecular flexibility index (Phi) is 4.66. The Morgan fingerprint density at radius 3 is 2.64 bits per heavy atom. The van der Waals surface area contributed by atoms with Crippen molar-refractivity contribution in [2.75, 3.05) is 19.6 Å². The molecule has 1 aliphatic rings. The third-order valence-electron chi connectivity index (χ3n) is 2.28. The van der Waals surface area contributed by atoms with Crippen LogP contribution in [0.25, 0.3) is 0 Å². The van der Waals surface area contributed by atoms with E-state index in [1.54, 1.807) is 0 Å². The third-order valence-corrected chi connectivity index (χ3v) is 2.28. The topological polar surface area (TPSA) is 41.1 Å². The van der Waals surface area contributed by atoms with Crippen LogP contribution in [-0.2, 0) is 4.79 Å². The van der Waals surface area contributed by atoms with E-state index in [-0.39, 0.29) is 5.91 Å². The molecule has 0 saturated heterocycles. The predicted molar refractivity (Wildman–Crippen MR) is 58.0 cm³/mol. The highest BCUT2D eigenvalue weighted by Crippen LogP contribution is 2.28. The van der Waals surface area contributed by atoms with Crippen molar-refractivity contribution in [1.82, 2.24) is 10.6 Å². The summed E-state index contributed by atoms with van der Waals surface area (Å²) >= 11 is 0. The van der Waals surface area contributed by atoms with Crippen molar-refractivity contribution < 1.29 is 4.79 Å². The number of nitrogens with one attached hydrogen (secondary N) is 2. The van der Waals surface area contributed by atoms with Crippen molar-refractivity contribution in [1.29, 1.82) is 0 Å². The number of rotatable bonds is 7. The molecule has 0 aromatic heterocycles. The minimum absolute atomic E-state index is 0.228. The van der Waals surface area contributed by atoms with Gasteiger partial charge in [0.25, 0.3) is 0 Å². The molecule has 14 heavy (non-hydrogen) atoms. The van der Waals surface area contributed by atoms with E-state index in [2.05, 4.69) is 17.2 Å². The van der Waals surface area contributed by atoms with Crippen LogP contribution in [0.2, 0.25) is 0 Å². The van der Waals surface area contributed by atoms with Gasteiger partial charge in [-0.15, -0.1) is 6.58 Å². The normalized spacial score (nSPS) is 15.2. The van der Waals surface area contributed by atoms with Crippen LogP contribution in [0.4, 0.5) is 0 Å². The maximum absolute atomic E-state index is 11.2. The zero-order valence-electron chi connectivity index (χ0n) is 8.94. The molecule has 0 spiro atoms. The Balaban J connectivity index is 1.84. The van der Waals surface area contributed by atoms with Crippen LogP contribution >= 0.6 is 0 Å². The quantitative estimate of drug-likeness (QED) is 0.472. The molecular formula is C11H20N2O. The van der Waals surface area contributed by atoms with E-state index in [1.807, 2.05) is 6.92 Å². The molecule has 0 aromatic carbocycles. The molecule has 80 valence electrons. The lowest BCUT2D eigenvalue weighted by Gasteiger charge is -2.05. The second kappa shape index (κ2) is 5.81. The first kappa shape index (κ1) is 11.2. The molecule has 0 atom stereocenters. The van der Waals surface area contributed by atoms with Crippen molar-refractivity contribution in [3.05, 3.63) is 12.2 Å². The zero-order valence-corrected chi connectivity index (χ0v) is 8.94. The SMILES string of the molecule is C=C(C)CCNCCNC(=O)C1CC1. The van der Waals surface area contributed by atoms with Crippen LogP contribution < -0.4 is 10.6 Å². The Bertz CT molecular complexity index is 209. The average Bonchev–Trinajstić information content (AvgIpc) is 2.92. The molecule has 3 heteroatoms. The van der Waals surface area contributed by atoms with Crippen molar-refractivity contribution in [2.45, 2.75) is 26.2 Å². The van der Waals surface area contributed by atoms with Gasteiger partial charge in [0.1, 0.15) is 0 Å². The fourth-order valence-electron chi connectivity index (χ4n) is 1.19. The molecule has 1 rings (SSSR count). The minimum Gasteiger partial charge on any atom is -0.355 e. The number of amides is 1. The van der Waals surface area contributed by atoms with Gasteiger partial charge in [-0.25, -0.2) is 0 Å². The molecule has 1 aliphatic carbocycles. The van der Waals surface area contributed by atoms with E-state index in [1.165, 1.54) is 5.57 Å². The van der Waals surface area contributed by atoms with Crippen molar-refractivity contribution in [2.24, 2.45) is 5.92 Å². The van der Waals surface area contributed by atoms with Crippen LogP contribution in [0.15, 0.2) is 12.2 Å².